The maximum atomic E-state index is 12.0. The number of rotatable bonds is 3. The molecule has 2 heterocycles. The third kappa shape index (κ3) is 3.02. The number of aliphatic imine (C=N–C) groups is 1. The van der Waals surface area contributed by atoms with E-state index in [1.807, 2.05) is 11.8 Å². The minimum absolute atomic E-state index is 0.0439. The van der Waals surface area contributed by atoms with Crippen molar-refractivity contribution in [1.82, 2.24) is 5.32 Å². The molecule has 0 aromatic carbocycles. The highest BCUT2D eigenvalue weighted by Crippen LogP contribution is 2.25. The number of ether oxygens (including phenoxy) is 1. The van der Waals surface area contributed by atoms with Gasteiger partial charge in [0, 0.05) is 18.5 Å². The molecule has 0 spiro atoms. The summed E-state index contributed by atoms with van der Waals surface area (Å²) >= 11 is 1.82. The third-order valence-electron chi connectivity index (χ3n) is 3.53. The Hall–Kier alpha value is -1.40. The first-order valence-electron chi connectivity index (χ1n) is 6.78. The Morgan fingerprint density at radius 1 is 1.45 bits per heavy atom. The first kappa shape index (κ1) is 13.6. The lowest BCUT2D eigenvalue weighted by atomic mass is 9.96. The summed E-state index contributed by atoms with van der Waals surface area (Å²) in [5.74, 6) is 1.04. The molecular weight excluding hydrogens is 274 g/mol. The van der Waals surface area contributed by atoms with E-state index >= 15 is 0 Å². The molecule has 1 fully saturated rings. The van der Waals surface area contributed by atoms with E-state index in [1.54, 1.807) is 18.2 Å². The number of thioether (sulfide) groups is 1. The predicted octanol–water partition coefficient (Wildman–Crippen LogP) is 1.52. The van der Waals surface area contributed by atoms with Gasteiger partial charge < -0.3 is 15.5 Å². The van der Waals surface area contributed by atoms with Gasteiger partial charge in [0.05, 0.1) is 23.1 Å². The van der Waals surface area contributed by atoms with Gasteiger partial charge >= 0.3 is 0 Å². The molecule has 0 aromatic heterocycles. The molecule has 106 valence electrons. The van der Waals surface area contributed by atoms with E-state index in [4.69, 9.17) is 10.1 Å². The molecule has 0 bridgehead atoms. The summed E-state index contributed by atoms with van der Waals surface area (Å²) in [6, 6.07) is 0. The minimum Gasteiger partial charge on any atom is -0.381 e. The van der Waals surface area contributed by atoms with Crippen molar-refractivity contribution < 1.29 is 9.53 Å². The highest BCUT2D eigenvalue weighted by Gasteiger charge is 2.28. The molecule has 3 aliphatic rings. The number of allylic oxidation sites excluding steroid dienone is 2. The van der Waals surface area contributed by atoms with Crippen molar-refractivity contribution in [3.05, 3.63) is 23.9 Å². The lowest BCUT2D eigenvalue weighted by Crippen LogP contribution is -2.42. The number of amides is 1. The summed E-state index contributed by atoms with van der Waals surface area (Å²) in [5.41, 5.74) is 1.08. The molecule has 3 rings (SSSR count). The summed E-state index contributed by atoms with van der Waals surface area (Å²) < 4.78 is 5.34. The first-order chi connectivity index (χ1) is 9.72. The Morgan fingerprint density at radius 3 is 3.05 bits per heavy atom. The van der Waals surface area contributed by atoms with Crippen molar-refractivity contribution in [3.63, 3.8) is 0 Å². The number of nitrogens with zero attached hydrogens (tertiary/aromatic N) is 1. The average molecular weight is 291 g/mol. The summed E-state index contributed by atoms with van der Waals surface area (Å²) in [6.07, 6.45) is 7.17. The SMILES string of the molecule is N=C1C=CC2C(=O)NC(CSC3CCOCC3)=NC2=C1. The molecule has 1 saturated heterocycles. The van der Waals surface area contributed by atoms with Crippen LogP contribution in [-0.4, -0.2) is 41.7 Å². The molecule has 1 unspecified atom stereocenters. The summed E-state index contributed by atoms with van der Waals surface area (Å²) in [5, 5.41) is 11.1. The van der Waals surface area contributed by atoms with Gasteiger partial charge in [-0.3, -0.25) is 4.79 Å². The van der Waals surface area contributed by atoms with E-state index in [9.17, 15) is 4.79 Å². The Morgan fingerprint density at radius 2 is 2.25 bits per heavy atom. The van der Waals surface area contributed by atoms with Crippen LogP contribution in [0.25, 0.3) is 0 Å². The van der Waals surface area contributed by atoms with Gasteiger partial charge in [-0.15, -0.1) is 0 Å². The number of nitrogens with one attached hydrogen (secondary N) is 2. The van der Waals surface area contributed by atoms with Crippen LogP contribution in [0.5, 0.6) is 0 Å². The third-order valence-corrected chi connectivity index (χ3v) is 4.91. The van der Waals surface area contributed by atoms with E-state index in [0.717, 1.165) is 26.1 Å². The molecule has 1 aliphatic carbocycles. The first-order valence-corrected chi connectivity index (χ1v) is 7.83. The van der Waals surface area contributed by atoms with Crippen LogP contribution in [0.15, 0.2) is 28.9 Å². The molecule has 5 nitrogen and oxygen atoms in total. The van der Waals surface area contributed by atoms with Crippen molar-refractivity contribution in [2.24, 2.45) is 10.9 Å². The molecule has 0 saturated carbocycles. The monoisotopic (exact) mass is 291 g/mol. The van der Waals surface area contributed by atoms with E-state index in [2.05, 4.69) is 10.3 Å². The lowest BCUT2D eigenvalue weighted by Gasteiger charge is -2.25. The Balaban J connectivity index is 1.65. The fourth-order valence-electron chi connectivity index (χ4n) is 2.43. The average Bonchev–Trinajstić information content (AvgIpc) is 2.46. The van der Waals surface area contributed by atoms with Crippen LogP contribution in [-0.2, 0) is 9.53 Å². The van der Waals surface area contributed by atoms with Crippen LogP contribution in [0, 0.1) is 11.3 Å². The van der Waals surface area contributed by atoms with Crippen LogP contribution in [0.4, 0.5) is 0 Å². The maximum absolute atomic E-state index is 12.0. The number of hydrogen-bond donors (Lipinski definition) is 2. The molecule has 1 atom stereocenters. The van der Waals surface area contributed by atoms with Crippen molar-refractivity contribution in [3.8, 4) is 0 Å². The second kappa shape index (κ2) is 5.93. The van der Waals surface area contributed by atoms with Gasteiger partial charge in [0.25, 0.3) is 0 Å². The van der Waals surface area contributed by atoms with E-state index in [1.165, 1.54) is 0 Å². The summed E-state index contributed by atoms with van der Waals surface area (Å²) in [7, 11) is 0. The van der Waals surface area contributed by atoms with Crippen molar-refractivity contribution >= 4 is 29.2 Å². The molecule has 2 aliphatic heterocycles. The van der Waals surface area contributed by atoms with Crippen LogP contribution in [0.1, 0.15) is 12.8 Å². The minimum atomic E-state index is -0.332. The van der Waals surface area contributed by atoms with Crippen molar-refractivity contribution in [2.45, 2.75) is 18.1 Å². The number of carbonyl (C=O) groups excluding carboxylic acids is 1. The normalized spacial score (nSPS) is 26.7. The molecule has 6 heteroatoms. The molecule has 0 aromatic rings. The number of carbonyl (C=O) groups is 1. The highest BCUT2D eigenvalue weighted by molar-refractivity contribution is 8.00. The fraction of sp³-hybridized carbons (Fsp3) is 0.500. The number of amidine groups is 1. The van der Waals surface area contributed by atoms with Crippen LogP contribution in [0.2, 0.25) is 0 Å². The Kier molecular flexibility index (Phi) is 4.03. The van der Waals surface area contributed by atoms with E-state index in [0.29, 0.717) is 28.2 Å². The second-order valence-electron chi connectivity index (χ2n) is 5.03. The standard InChI is InChI=1S/C14H17N3O2S/c15-9-1-2-11-12(7-9)16-13(17-14(11)18)8-20-10-3-5-19-6-4-10/h1-2,7,10-11,15H,3-6,8H2,(H,16,17,18). The van der Waals surface area contributed by atoms with Crippen molar-refractivity contribution in [1.29, 1.82) is 5.41 Å². The second-order valence-corrected chi connectivity index (χ2v) is 6.32. The van der Waals surface area contributed by atoms with Crippen LogP contribution >= 0.6 is 11.8 Å². The van der Waals surface area contributed by atoms with Gasteiger partial charge in [0.1, 0.15) is 5.84 Å². The summed E-state index contributed by atoms with van der Waals surface area (Å²) in [4.78, 5) is 16.5. The lowest BCUT2D eigenvalue weighted by molar-refractivity contribution is -0.121. The van der Waals surface area contributed by atoms with Gasteiger partial charge in [-0.25, -0.2) is 4.99 Å². The topological polar surface area (TPSA) is 74.5 Å². The summed E-state index contributed by atoms with van der Waals surface area (Å²) in [6.45, 7) is 1.65. The zero-order chi connectivity index (χ0) is 13.9. The Bertz CT molecular complexity index is 519. The van der Waals surface area contributed by atoms with Gasteiger partial charge in [-0.1, -0.05) is 6.08 Å². The zero-order valence-corrected chi connectivity index (χ0v) is 11.9. The fourth-order valence-corrected chi connectivity index (χ4v) is 3.49. The molecular formula is C14H17N3O2S. The zero-order valence-electron chi connectivity index (χ0n) is 11.1. The largest absolute Gasteiger partial charge is 0.381 e. The van der Waals surface area contributed by atoms with Gasteiger partial charge in [-0.2, -0.15) is 11.8 Å². The van der Waals surface area contributed by atoms with E-state index < -0.39 is 0 Å². The van der Waals surface area contributed by atoms with Crippen LogP contribution < -0.4 is 5.32 Å². The van der Waals surface area contributed by atoms with Gasteiger partial charge in [0.15, 0.2) is 0 Å². The molecule has 2 N–H and O–H groups in total. The van der Waals surface area contributed by atoms with Gasteiger partial charge in [-0.05, 0) is 25.0 Å². The number of hydrogen-bond acceptors (Lipinski definition) is 5. The van der Waals surface area contributed by atoms with Crippen LogP contribution in [0.3, 0.4) is 0 Å². The van der Waals surface area contributed by atoms with E-state index in [-0.39, 0.29) is 11.8 Å². The Labute approximate surface area is 122 Å². The maximum Gasteiger partial charge on any atom is 0.238 e. The molecule has 1 amide bonds. The van der Waals surface area contributed by atoms with Crippen molar-refractivity contribution in [2.75, 3.05) is 19.0 Å². The smallest absolute Gasteiger partial charge is 0.238 e. The predicted molar refractivity (Wildman–Crippen MR) is 80.3 cm³/mol. The molecule has 0 radical (unpaired) electrons. The highest BCUT2D eigenvalue weighted by atomic mass is 32.2. The molecule has 20 heavy (non-hydrogen) atoms. The van der Waals surface area contributed by atoms with Gasteiger partial charge in [0.2, 0.25) is 5.91 Å². The quantitative estimate of drug-likeness (QED) is 0.828. The number of fused-ring (bicyclic) bond motifs is 1.